The SMILES string of the molecule is COP(=O)(O)OC[C@@H]1C[C@@H](O)CN1C(=O)CCCCCCCCCCC(=O)C1C[C@H](COCCC(=O)NCCCNC(=O)CCCCO[C@@H]2O[C@H](CO)[C@H](O)[C@H](O)[C@H]2NC(C)=O)[C@@H](OCCC(=O)NCCCNC(=O)CCCCO[C@@H]2O[C@H](CO)[C@H](O)[C@H](O)[C@H]2NC(C)=O)[C@H](OCCC(=O)NCCCNC(=O)CCCCO[C@@H]2O[C@H](CO)[C@H](O)[C@H](O)[C@H]2NC(C)=O)C1. The standard InChI is InChI=1S/C82H145N10O34P/c1-51(96)89-70-76(111)73(108)60(46-93)124-80(70)120-36-16-13-23-63(101)83-30-19-33-86-66(104)27-39-117-49-55-42-54(58(100)22-11-9-7-5-6-8-10-12-26-69(107)92-45-57(99)44-56(92)50-123-127(114,115)116-4)43-59(118-40-28-67(105)87-34-20-31-84-64(102)24-14-17-37-121-81-71(90-52(2)97)77(112)74(109)61(47-94)125-81)79(55)119-41-29-68(106)88-35-21-32-85-65(103)25-15-18-38-122-82-72(91-53(3)98)78(113)75(110)62(48-95)126-82/h54-57,59-62,70-82,93-95,99,108-113H,5-50H2,1-4H3,(H,83,101)(H,84,102)(H,85,103)(H,86,104)(H,87,105)(H,88,106)(H,89,96)(H,90,97)(H,91,98)(H,114,115)/t54?,55-,56+,57-,59-,60-,61-,62-,70-,71-,72-,73+,74+,75+,76-,77-,78-,79-,80-,81-,82-/m1/s1. The third-order valence-corrected chi connectivity index (χ3v) is 23.4. The van der Waals surface area contributed by atoms with Gasteiger partial charge in [0.25, 0.3) is 0 Å². The molecule has 1 aliphatic carbocycles. The lowest BCUT2D eigenvalue weighted by Crippen LogP contribution is -2.64. The maximum Gasteiger partial charge on any atom is 0.471 e. The number of aliphatic hydroxyl groups is 10. The number of β-amino-alcohol motifs (C(OH)–C–C–N with tert-alkyl or cyclic N) is 1. The van der Waals surface area contributed by atoms with Gasteiger partial charge < -0.3 is 151 Å². The van der Waals surface area contributed by atoms with Gasteiger partial charge in [-0.2, -0.15) is 0 Å². The van der Waals surface area contributed by atoms with E-state index in [9.17, 15) is 113 Å². The fraction of sp³-hybridized carbons (Fsp3) is 0.866. The van der Waals surface area contributed by atoms with Crippen molar-refractivity contribution in [3.63, 3.8) is 0 Å². The Morgan fingerprint density at radius 2 is 0.748 bits per heavy atom. The van der Waals surface area contributed by atoms with Crippen LogP contribution in [0.4, 0.5) is 0 Å². The molecule has 0 aromatic carbocycles. The number of ketones is 1. The van der Waals surface area contributed by atoms with Gasteiger partial charge >= 0.3 is 7.82 Å². The molecule has 5 rings (SSSR count). The molecule has 20 N–H and O–H groups in total. The molecule has 4 heterocycles. The van der Waals surface area contributed by atoms with E-state index >= 15 is 0 Å². The number of likely N-dealkylation sites (tertiary alicyclic amines) is 1. The number of ether oxygens (including phenoxy) is 9. The highest BCUT2D eigenvalue weighted by Crippen LogP contribution is 2.43. The molecule has 127 heavy (non-hydrogen) atoms. The molecule has 4 aliphatic heterocycles. The number of Topliss-reactive ketones (excluding diaryl/α,β-unsaturated/α-hetero) is 1. The molecule has 4 saturated heterocycles. The predicted octanol–water partition coefficient (Wildman–Crippen LogP) is -3.58. The van der Waals surface area contributed by atoms with Crippen LogP contribution in [0, 0.1) is 11.8 Å². The van der Waals surface area contributed by atoms with Crippen molar-refractivity contribution >= 4 is 72.7 Å². The lowest BCUT2D eigenvalue weighted by molar-refractivity contribution is -0.270. The lowest BCUT2D eigenvalue weighted by atomic mass is 9.75. The van der Waals surface area contributed by atoms with Crippen molar-refractivity contribution in [1.29, 1.82) is 0 Å². The Kier molecular flexibility index (Phi) is 54.5. The number of aliphatic hydroxyl groups excluding tert-OH is 10. The highest BCUT2D eigenvalue weighted by molar-refractivity contribution is 7.47. The zero-order valence-corrected chi connectivity index (χ0v) is 74.7. The van der Waals surface area contributed by atoms with Gasteiger partial charge in [-0.15, -0.1) is 0 Å². The summed E-state index contributed by atoms with van der Waals surface area (Å²) >= 11 is 0. The van der Waals surface area contributed by atoms with Crippen molar-refractivity contribution in [2.24, 2.45) is 11.8 Å². The monoisotopic (exact) mass is 1840 g/mol. The molecule has 0 bridgehead atoms. The number of unbranched alkanes of at least 4 members (excludes halogenated alkanes) is 10. The topological polar surface area (TPSA) is 640 Å². The summed E-state index contributed by atoms with van der Waals surface area (Å²) in [5.74, 6) is -4.54. The van der Waals surface area contributed by atoms with Gasteiger partial charge in [0.1, 0.15) is 78.8 Å². The van der Waals surface area contributed by atoms with Gasteiger partial charge in [-0.1, -0.05) is 38.5 Å². The predicted molar refractivity (Wildman–Crippen MR) is 448 cm³/mol. The second-order valence-corrected chi connectivity index (χ2v) is 34.3. The average Bonchev–Trinajstić information content (AvgIpc) is 1.64. The second-order valence-electron chi connectivity index (χ2n) is 32.8. The molecule has 1 saturated carbocycles. The molecule has 0 spiro atoms. The molecule has 44 nitrogen and oxygen atoms in total. The number of hydrogen-bond acceptors (Lipinski definition) is 33. The number of carbonyl (C=O) groups excluding carboxylic acids is 11. The highest BCUT2D eigenvalue weighted by Gasteiger charge is 2.49. The van der Waals surface area contributed by atoms with Crippen LogP contribution >= 0.6 is 7.82 Å². The van der Waals surface area contributed by atoms with Crippen LogP contribution in [0.5, 0.6) is 0 Å². The van der Waals surface area contributed by atoms with Gasteiger partial charge in [-0.05, 0) is 89.9 Å². The zero-order chi connectivity index (χ0) is 93.2. The summed E-state index contributed by atoms with van der Waals surface area (Å²) < 4.78 is 74.5. The molecule has 22 atom stereocenters. The molecule has 0 radical (unpaired) electrons. The van der Waals surface area contributed by atoms with Crippen LogP contribution in [0.25, 0.3) is 0 Å². The van der Waals surface area contributed by atoms with Crippen LogP contribution in [0.15, 0.2) is 0 Å². The van der Waals surface area contributed by atoms with Gasteiger partial charge in [0.05, 0.1) is 77.2 Å². The van der Waals surface area contributed by atoms with Crippen LogP contribution in [-0.4, -0.2) is 368 Å². The molecule has 10 amide bonds. The first-order chi connectivity index (χ1) is 60.8. The number of nitrogens with one attached hydrogen (secondary N) is 9. The van der Waals surface area contributed by atoms with Crippen molar-refractivity contribution in [3.05, 3.63) is 0 Å². The van der Waals surface area contributed by atoms with Crippen molar-refractivity contribution in [2.75, 3.05) is 126 Å². The van der Waals surface area contributed by atoms with E-state index in [0.29, 0.717) is 77.0 Å². The second kappa shape index (κ2) is 62.2. The Balaban J connectivity index is 1.13. The summed E-state index contributed by atoms with van der Waals surface area (Å²) in [4.78, 5) is 152. The van der Waals surface area contributed by atoms with E-state index in [1.807, 2.05) is 0 Å². The number of phosphoric ester groups is 1. The average molecular weight is 1850 g/mol. The van der Waals surface area contributed by atoms with E-state index in [-0.39, 0.29) is 210 Å². The zero-order valence-electron chi connectivity index (χ0n) is 73.9. The maximum absolute atomic E-state index is 14.4. The summed E-state index contributed by atoms with van der Waals surface area (Å²) in [5.41, 5.74) is 0. The van der Waals surface area contributed by atoms with Crippen LogP contribution in [0.3, 0.4) is 0 Å². The first-order valence-corrected chi connectivity index (χ1v) is 46.3. The molecule has 0 aromatic heterocycles. The van der Waals surface area contributed by atoms with Crippen molar-refractivity contribution < 1.29 is 165 Å². The fourth-order valence-corrected chi connectivity index (χ4v) is 15.9. The van der Waals surface area contributed by atoms with Gasteiger partial charge in [0.2, 0.25) is 59.1 Å². The van der Waals surface area contributed by atoms with Gasteiger partial charge in [-0.3, -0.25) is 61.8 Å². The van der Waals surface area contributed by atoms with E-state index in [4.69, 9.17) is 47.2 Å². The minimum atomic E-state index is -4.27. The molecule has 732 valence electrons. The van der Waals surface area contributed by atoms with E-state index in [1.165, 1.54) is 25.7 Å². The molecule has 0 aromatic rings. The smallest absolute Gasteiger partial charge is 0.394 e. The number of rotatable bonds is 65. The molecule has 5 fully saturated rings. The van der Waals surface area contributed by atoms with Crippen LogP contribution in [-0.2, 0) is 109 Å². The van der Waals surface area contributed by atoms with E-state index in [2.05, 4.69) is 52.4 Å². The normalized spacial score (nSPS) is 27.6. The summed E-state index contributed by atoms with van der Waals surface area (Å²) in [7, 11) is -3.23. The minimum Gasteiger partial charge on any atom is -0.394 e. The number of phosphoric acid groups is 1. The van der Waals surface area contributed by atoms with Crippen molar-refractivity contribution in [1.82, 2.24) is 52.8 Å². The quantitative estimate of drug-likeness (QED) is 0.0207. The number of hydrogen-bond donors (Lipinski definition) is 20. The number of carbonyl (C=O) groups is 11. The first-order valence-electron chi connectivity index (χ1n) is 44.8. The molecular formula is C82H145N10O34P. The summed E-state index contributed by atoms with van der Waals surface area (Å²) in [6.45, 7) is 3.08. The summed E-state index contributed by atoms with van der Waals surface area (Å²) in [5, 5.41) is 126. The first kappa shape index (κ1) is 111. The Bertz CT molecular complexity index is 3310. The van der Waals surface area contributed by atoms with Gasteiger partial charge in [-0.25, -0.2) is 4.57 Å². The van der Waals surface area contributed by atoms with Gasteiger partial charge in [0.15, 0.2) is 18.9 Å². The van der Waals surface area contributed by atoms with E-state index < -0.39 is 173 Å². The van der Waals surface area contributed by atoms with Crippen LogP contribution < -0.4 is 47.9 Å². The molecule has 45 heteroatoms. The third-order valence-electron chi connectivity index (χ3n) is 22.4. The maximum atomic E-state index is 14.4. The Morgan fingerprint density at radius 1 is 0.394 bits per heavy atom. The van der Waals surface area contributed by atoms with Crippen molar-refractivity contribution in [2.45, 2.75) is 317 Å². The van der Waals surface area contributed by atoms with Crippen LogP contribution in [0.1, 0.15) is 201 Å². The highest BCUT2D eigenvalue weighted by atomic mass is 31.2. The Hall–Kier alpha value is -6.28. The summed E-state index contributed by atoms with van der Waals surface area (Å²) in [6.07, 6.45) is -6.87. The van der Waals surface area contributed by atoms with E-state index in [0.717, 1.165) is 45.6 Å². The lowest BCUT2D eigenvalue weighted by Gasteiger charge is -2.42. The largest absolute Gasteiger partial charge is 0.471 e. The molecule has 2 unspecified atom stereocenters. The summed E-state index contributed by atoms with van der Waals surface area (Å²) in [6, 6.07) is -3.87. The molecule has 5 aliphatic rings. The number of nitrogens with zero attached hydrogens (tertiary/aromatic N) is 1. The van der Waals surface area contributed by atoms with Gasteiger partial charge in [0, 0.05) is 157 Å². The minimum absolute atomic E-state index is 0.00623. The molecular weight excluding hydrogens is 1700 g/mol. The Morgan fingerprint density at radius 3 is 1.13 bits per heavy atom. The van der Waals surface area contributed by atoms with Crippen molar-refractivity contribution in [3.8, 4) is 0 Å². The third kappa shape index (κ3) is 42.9. The van der Waals surface area contributed by atoms with Crippen LogP contribution in [0.2, 0.25) is 0 Å². The fourth-order valence-electron chi connectivity index (χ4n) is 15.5. The Labute approximate surface area is 741 Å². The van der Waals surface area contributed by atoms with E-state index in [1.54, 1.807) is 0 Å². The number of amides is 10.